The average molecular weight is 447 g/mol. The van der Waals surface area contributed by atoms with E-state index in [0.29, 0.717) is 11.6 Å². The van der Waals surface area contributed by atoms with Crippen LogP contribution in [0.1, 0.15) is 18.9 Å². The normalized spacial score (nSPS) is 11.8. The van der Waals surface area contributed by atoms with E-state index < -0.39 is 7.26 Å². The van der Waals surface area contributed by atoms with Gasteiger partial charge in [0.1, 0.15) is 0 Å². The van der Waals surface area contributed by atoms with Crippen LogP contribution in [0, 0.1) is 0 Å². The third-order valence-corrected chi connectivity index (χ3v) is 10.9. The Balaban J connectivity index is 1.91. The molecule has 1 nitrogen and oxygen atoms in total. The fourth-order valence-corrected chi connectivity index (χ4v) is 9.16. The quantitative estimate of drug-likeness (QED) is 0.286. The van der Waals surface area contributed by atoms with Crippen molar-refractivity contribution in [3.8, 4) is 5.75 Å². The first-order chi connectivity index (χ1) is 15.2. The van der Waals surface area contributed by atoms with E-state index in [9.17, 15) is 0 Å². The van der Waals surface area contributed by atoms with Crippen LogP contribution >= 0.6 is 18.9 Å². The molecule has 0 amide bonds. The van der Waals surface area contributed by atoms with Crippen molar-refractivity contribution in [1.82, 2.24) is 0 Å². The molecule has 0 fully saturated rings. The molecule has 0 heterocycles. The van der Waals surface area contributed by atoms with Crippen molar-refractivity contribution in [2.45, 2.75) is 19.5 Å². The SMILES string of the molecule is CCCOc1cc(C[PH](c2ccccc2)(c2ccccc2)c2ccccc2)ccc1Cl. The molecule has 158 valence electrons. The van der Waals surface area contributed by atoms with E-state index in [0.717, 1.165) is 18.3 Å². The maximum absolute atomic E-state index is 6.44. The summed E-state index contributed by atoms with van der Waals surface area (Å²) in [7, 11) is -2.33. The van der Waals surface area contributed by atoms with Gasteiger partial charge < -0.3 is 0 Å². The van der Waals surface area contributed by atoms with Crippen LogP contribution in [-0.2, 0) is 6.16 Å². The predicted octanol–water partition coefficient (Wildman–Crippen LogP) is 6.36. The first kappa shape index (κ1) is 21.6. The number of ether oxygens (including phenoxy) is 1. The molecule has 0 N–H and O–H groups in total. The summed E-state index contributed by atoms with van der Waals surface area (Å²) in [5, 5.41) is 4.87. The molecule has 0 unspecified atom stereocenters. The Hall–Kier alpha value is -2.60. The third-order valence-electron chi connectivity index (χ3n) is 5.73. The Morgan fingerprint density at radius 2 is 1.16 bits per heavy atom. The number of benzene rings is 4. The molecule has 0 aliphatic rings. The number of halogens is 1. The Morgan fingerprint density at radius 3 is 1.61 bits per heavy atom. The number of hydrogen-bond donors (Lipinski definition) is 0. The number of rotatable bonds is 8. The summed E-state index contributed by atoms with van der Waals surface area (Å²) in [4.78, 5) is 0. The second-order valence-corrected chi connectivity index (χ2v) is 12.1. The van der Waals surface area contributed by atoms with E-state index in [1.54, 1.807) is 0 Å². The second-order valence-electron chi connectivity index (χ2n) is 7.79. The van der Waals surface area contributed by atoms with Gasteiger partial charge in [-0.25, -0.2) is 0 Å². The molecule has 3 heteroatoms. The topological polar surface area (TPSA) is 9.23 Å². The van der Waals surface area contributed by atoms with Gasteiger partial charge in [0.15, 0.2) is 0 Å². The molecule has 4 aromatic rings. The summed E-state index contributed by atoms with van der Waals surface area (Å²) >= 11 is 6.44. The Labute approximate surface area is 191 Å². The van der Waals surface area contributed by atoms with Gasteiger partial charge in [0, 0.05) is 0 Å². The molecule has 0 aromatic heterocycles. The molecule has 0 aliphatic heterocycles. The van der Waals surface area contributed by atoms with E-state index in [-0.39, 0.29) is 0 Å². The predicted molar refractivity (Wildman–Crippen MR) is 137 cm³/mol. The van der Waals surface area contributed by atoms with Crippen LogP contribution < -0.4 is 20.7 Å². The van der Waals surface area contributed by atoms with Gasteiger partial charge >= 0.3 is 191 Å². The van der Waals surface area contributed by atoms with E-state index >= 15 is 0 Å². The van der Waals surface area contributed by atoms with E-state index in [1.807, 2.05) is 6.07 Å². The fourth-order valence-electron chi connectivity index (χ4n) is 4.26. The zero-order valence-corrected chi connectivity index (χ0v) is 19.6. The molecule has 31 heavy (non-hydrogen) atoms. The first-order valence-electron chi connectivity index (χ1n) is 10.8. The molecule has 0 radical (unpaired) electrons. The molecular formula is C28H28ClOP. The maximum atomic E-state index is 6.44. The Kier molecular flexibility index (Phi) is 7.07. The van der Waals surface area contributed by atoms with Crippen molar-refractivity contribution in [3.05, 3.63) is 120 Å². The summed E-state index contributed by atoms with van der Waals surface area (Å²) < 4.78 is 5.94. The van der Waals surface area contributed by atoms with Crippen LogP contribution in [0.4, 0.5) is 0 Å². The zero-order valence-electron chi connectivity index (χ0n) is 17.8. The summed E-state index contributed by atoms with van der Waals surface area (Å²) in [6.45, 7) is 2.78. The van der Waals surface area contributed by atoms with E-state index in [1.165, 1.54) is 21.5 Å². The van der Waals surface area contributed by atoms with E-state index in [2.05, 4.69) is 110 Å². The minimum atomic E-state index is -2.33. The van der Waals surface area contributed by atoms with Crippen molar-refractivity contribution in [2.75, 3.05) is 6.61 Å². The second kappa shape index (κ2) is 10.1. The van der Waals surface area contributed by atoms with Crippen LogP contribution in [-0.4, -0.2) is 6.61 Å². The van der Waals surface area contributed by atoms with Gasteiger partial charge in [0.2, 0.25) is 0 Å². The Bertz CT molecular complexity index is 1000. The third kappa shape index (κ3) is 4.69. The van der Waals surface area contributed by atoms with Crippen molar-refractivity contribution in [1.29, 1.82) is 0 Å². The summed E-state index contributed by atoms with van der Waals surface area (Å²) in [6.07, 6.45) is 1.89. The first-order valence-corrected chi connectivity index (χ1v) is 13.4. The van der Waals surface area contributed by atoms with Crippen molar-refractivity contribution < 1.29 is 4.74 Å². The molecule has 4 rings (SSSR count). The van der Waals surface area contributed by atoms with Crippen molar-refractivity contribution in [3.63, 3.8) is 0 Å². The molecule has 0 atom stereocenters. The van der Waals surface area contributed by atoms with Gasteiger partial charge in [-0.15, -0.1) is 0 Å². The summed E-state index contributed by atoms with van der Waals surface area (Å²) in [5.41, 5.74) is 1.25. The van der Waals surface area contributed by atoms with Gasteiger partial charge in [0.25, 0.3) is 0 Å². The molecule has 0 spiro atoms. The minimum absolute atomic E-state index is 0.668. The van der Waals surface area contributed by atoms with Crippen LogP contribution in [0.15, 0.2) is 109 Å². The molecular weight excluding hydrogens is 419 g/mol. The van der Waals surface area contributed by atoms with Gasteiger partial charge in [0.05, 0.1) is 0 Å². The van der Waals surface area contributed by atoms with E-state index in [4.69, 9.17) is 16.3 Å². The molecule has 4 aromatic carbocycles. The van der Waals surface area contributed by atoms with Crippen molar-refractivity contribution >= 4 is 34.8 Å². The van der Waals surface area contributed by atoms with Gasteiger partial charge in [-0.1, -0.05) is 0 Å². The standard InChI is InChI=1S/C28H28ClOP/c1-2-20-30-28-21-23(18-19-27(28)29)22-31(24-12-6-3-7-13-24,25-14-8-4-9-15-25)26-16-10-5-11-17-26/h3-19,21,31H,2,20,22H2,1H3. The van der Waals surface area contributed by atoms with Crippen LogP contribution in [0.5, 0.6) is 5.75 Å². The summed E-state index contributed by atoms with van der Waals surface area (Å²) in [5.74, 6) is 0.776. The van der Waals surface area contributed by atoms with Gasteiger partial charge in [-0.3, -0.25) is 0 Å². The fraction of sp³-hybridized carbons (Fsp3) is 0.143. The zero-order chi connectivity index (χ0) is 21.5. The molecule has 0 bridgehead atoms. The summed E-state index contributed by atoms with van der Waals surface area (Å²) in [6, 6.07) is 39.2. The Morgan fingerprint density at radius 1 is 0.677 bits per heavy atom. The van der Waals surface area contributed by atoms with Crippen LogP contribution in [0.2, 0.25) is 5.02 Å². The molecule has 0 saturated heterocycles. The van der Waals surface area contributed by atoms with Gasteiger partial charge in [-0.2, -0.15) is 0 Å². The van der Waals surface area contributed by atoms with Crippen molar-refractivity contribution in [2.24, 2.45) is 0 Å². The monoisotopic (exact) mass is 446 g/mol. The number of hydrogen-bond acceptors (Lipinski definition) is 1. The average Bonchev–Trinajstić information content (AvgIpc) is 2.84. The van der Waals surface area contributed by atoms with Crippen LogP contribution in [0.25, 0.3) is 0 Å². The molecule has 0 saturated carbocycles. The van der Waals surface area contributed by atoms with Gasteiger partial charge in [-0.05, 0) is 0 Å². The van der Waals surface area contributed by atoms with Crippen LogP contribution in [0.3, 0.4) is 0 Å². The molecule has 0 aliphatic carbocycles.